The van der Waals surface area contributed by atoms with Gasteiger partial charge in [0.2, 0.25) is 5.91 Å². The lowest BCUT2D eigenvalue weighted by molar-refractivity contribution is -0.117. The summed E-state index contributed by atoms with van der Waals surface area (Å²) in [6.07, 6.45) is 3.17. The van der Waals surface area contributed by atoms with Gasteiger partial charge in [0.05, 0.1) is 24.2 Å². The number of ether oxygens (including phenoxy) is 1. The van der Waals surface area contributed by atoms with E-state index < -0.39 is 9.84 Å². The standard InChI is InChI=1S/C19H26N2O4S2/c1-3-5-10-25-15-9-6-8-14(11-15)21-16-12-27(23,24)13-17(16)26-19(21)20-18(22)7-4-2/h6,8-9,11,16-17H,3-5,7,10,12-13H2,1-2H3/t16-,17-/m1/s1. The number of nitrogens with zero attached hydrogens (tertiary/aromatic N) is 2. The second-order valence-corrected chi connectivity index (χ2v) is 10.3. The average Bonchev–Trinajstić information content (AvgIpc) is 3.06. The van der Waals surface area contributed by atoms with Crippen molar-refractivity contribution in [2.24, 2.45) is 4.99 Å². The highest BCUT2D eigenvalue weighted by molar-refractivity contribution is 8.16. The number of rotatable bonds is 7. The van der Waals surface area contributed by atoms with Crippen LogP contribution >= 0.6 is 11.8 Å². The maximum atomic E-state index is 12.1. The molecule has 0 aromatic heterocycles. The molecule has 27 heavy (non-hydrogen) atoms. The van der Waals surface area contributed by atoms with E-state index in [1.165, 1.54) is 11.8 Å². The summed E-state index contributed by atoms with van der Waals surface area (Å²) in [6, 6.07) is 7.41. The van der Waals surface area contributed by atoms with Crippen molar-refractivity contribution >= 4 is 38.4 Å². The van der Waals surface area contributed by atoms with E-state index in [1.54, 1.807) is 0 Å². The zero-order chi connectivity index (χ0) is 19.4. The van der Waals surface area contributed by atoms with Gasteiger partial charge in [-0.2, -0.15) is 4.99 Å². The number of amides is 1. The van der Waals surface area contributed by atoms with Gasteiger partial charge >= 0.3 is 0 Å². The number of benzene rings is 1. The minimum absolute atomic E-state index is 0.0899. The van der Waals surface area contributed by atoms with Crippen molar-refractivity contribution in [2.45, 2.75) is 50.8 Å². The minimum atomic E-state index is -3.07. The number of thioether (sulfide) groups is 1. The summed E-state index contributed by atoms with van der Waals surface area (Å²) < 4.78 is 30.0. The lowest BCUT2D eigenvalue weighted by atomic mass is 10.2. The molecule has 3 rings (SSSR count). The Morgan fingerprint density at radius 2 is 2.11 bits per heavy atom. The number of sulfone groups is 1. The Labute approximate surface area is 165 Å². The molecule has 1 aromatic rings. The number of unbranched alkanes of at least 4 members (excludes halogenated alkanes) is 1. The summed E-state index contributed by atoms with van der Waals surface area (Å²) >= 11 is 1.40. The first-order chi connectivity index (χ1) is 12.9. The van der Waals surface area contributed by atoms with Gasteiger partial charge in [-0.05, 0) is 25.0 Å². The smallest absolute Gasteiger partial charge is 0.248 e. The Morgan fingerprint density at radius 3 is 2.85 bits per heavy atom. The molecule has 0 radical (unpaired) electrons. The first-order valence-electron chi connectivity index (χ1n) is 9.44. The molecular formula is C19H26N2O4S2. The molecule has 1 amide bonds. The van der Waals surface area contributed by atoms with Gasteiger partial charge < -0.3 is 9.64 Å². The van der Waals surface area contributed by atoms with Crippen molar-refractivity contribution in [1.29, 1.82) is 0 Å². The maximum absolute atomic E-state index is 12.1. The molecule has 6 nitrogen and oxygen atoms in total. The van der Waals surface area contributed by atoms with Crippen molar-refractivity contribution in [1.82, 2.24) is 0 Å². The van der Waals surface area contributed by atoms with Gasteiger partial charge in [0, 0.05) is 23.4 Å². The highest BCUT2D eigenvalue weighted by Crippen LogP contribution is 2.41. The molecule has 2 saturated heterocycles. The van der Waals surface area contributed by atoms with E-state index in [0.717, 1.165) is 30.7 Å². The number of carbonyl (C=O) groups is 1. The number of hydrogen-bond donors (Lipinski definition) is 0. The third kappa shape index (κ3) is 4.85. The highest BCUT2D eigenvalue weighted by Gasteiger charge is 2.49. The van der Waals surface area contributed by atoms with Crippen LogP contribution < -0.4 is 9.64 Å². The van der Waals surface area contributed by atoms with Crippen LogP contribution in [0.2, 0.25) is 0 Å². The molecule has 0 spiro atoms. The van der Waals surface area contributed by atoms with Crippen LogP contribution in [0.5, 0.6) is 5.75 Å². The quantitative estimate of drug-likeness (QED) is 0.642. The number of aliphatic imine (C=N–C) groups is 1. The highest BCUT2D eigenvalue weighted by atomic mass is 32.2. The fraction of sp³-hybridized carbons (Fsp3) is 0.579. The predicted octanol–water partition coefficient (Wildman–Crippen LogP) is 3.27. The fourth-order valence-electron chi connectivity index (χ4n) is 3.30. The van der Waals surface area contributed by atoms with Crippen LogP contribution in [0.4, 0.5) is 5.69 Å². The van der Waals surface area contributed by atoms with Crippen LogP contribution in [0, 0.1) is 0 Å². The number of anilines is 1. The van der Waals surface area contributed by atoms with Gasteiger partial charge in [0.15, 0.2) is 15.0 Å². The first kappa shape index (κ1) is 20.2. The topological polar surface area (TPSA) is 76.0 Å². The summed E-state index contributed by atoms with van der Waals surface area (Å²) in [5.74, 6) is 0.802. The minimum Gasteiger partial charge on any atom is -0.494 e. The molecular weight excluding hydrogens is 384 g/mol. The fourth-order valence-corrected chi connectivity index (χ4v) is 7.23. The van der Waals surface area contributed by atoms with Gasteiger partial charge in [-0.15, -0.1) is 0 Å². The third-order valence-electron chi connectivity index (χ3n) is 4.61. The van der Waals surface area contributed by atoms with Crippen LogP contribution in [-0.2, 0) is 14.6 Å². The lowest BCUT2D eigenvalue weighted by Gasteiger charge is -2.25. The third-order valence-corrected chi connectivity index (χ3v) is 7.82. The van der Waals surface area contributed by atoms with Gasteiger partial charge in [-0.1, -0.05) is 38.1 Å². The summed E-state index contributed by atoms with van der Waals surface area (Å²) in [6.45, 7) is 4.69. The van der Waals surface area contributed by atoms with Crippen LogP contribution in [0.1, 0.15) is 39.5 Å². The maximum Gasteiger partial charge on any atom is 0.248 e. The molecule has 0 aliphatic carbocycles. The molecule has 2 aliphatic heterocycles. The molecule has 2 fully saturated rings. The van der Waals surface area contributed by atoms with E-state index in [2.05, 4.69) is 11.9 Å². The largest absolute Gasteiger partial charge is 0.494 e. The van der Waals surface area contributed by atoms with E-state index in [4.69, 9.17) is 4.74 Å². The van der Waals surface area contributed by atoms with E-state index in [9.17, 15) is 13.2 Å². The van der Waals surface area contributed by atoms with E-state index in [0.29, 0.717) is 18.2 Å². The number of carbonyl (C=O) groups excluding carboxylic acids is 1. The Balaban J connectivity index is 1.90. The predicted molar refractivity (Wildman–Crippen MR) is 110 cm³/mol. The SMILES string of the molecule is CCCCOc1cccc(N2C(=NC(=O)CCC)S[C@@H]3CS(=O)(=O)C[C@H]32)c1. The summed E-state index contributed by atoms with van der Waals surface area (Å²) in [7, 11) is -3.07. The van der Waals surface area contributed by atoms with Crippen molar-refractivity contribution < 1.29 is 17.9 Å². The summed E-state index contributed by atoms with van der Waals surface area (Å²) in [4.78, 5) is 18.3. The van der Waals surface area contributed by atoms with Crippen molar-refractivity contribution in [3.63, 3.8) is 0 Å². The molecule has 2 aliphatic rings. The van der Waals surface area contributed by atoms with Crippen molar-refractivity contribution in [2.75, 3.05) is 23.0 Å². The normalized spacial score (nSPS) is 25.0. The van der Waals surface area contributed by atoms with Crippen LogP contribution in [0.25, 0.3) is 0 Å². The first-order valence-corrected chi connectivity index (χ1v) is 12.1. The average molecular weight is 411 g/mol. The Morgan fingerprint density at radius 1 is 1.30 bits per heavy atom. The monoisotopic (exact) mass is 410 g/mol. The molecule has 2 heterocycles. The number of amidine groups is 1. The van der Waals surface area contributed by atoms with Crippen LogP contribution in [0.15, 0.2) is 29.3 Å². The summed E-state index contributed by atoms with van der Waals surface area (Å²) in [5, 5.41) is 0.511. The van der Waals surface area contributed by atoms with Crippen molar-refractivity contribution in [3.8, 4) is 5.75 Å². The molecule has 2 atom stereocenters. The van der Waals surface area contributed by atoms with Crippen LogP contribution in [-0.4, -0.2) is 48.9 Å². The molecule has 148 valence electrons. The Hall–Kier alpha value is -1.54. The molecule has 0 saturated carbocycles. The Bertz CT molecular complexity index is 823. The molecule has 0 unspecified atom stereocenters. The van der Waals surface area contributed by atoms with E-state index in [-0.39, 0.29) is 28.7 Å². The molecule has 1 aromatic carbocycles. The van der Waals surface area contributed by atoms with Crippen LogP contribution in [0.3, 0.4) is 0 Å². The molecule has 0 N–H and O–H groups in total. The second kappa shape index (κ2) is 8.65. The van der Waals surface area contributed by atoms with Gasteiger partial charge in [-0.3, -0.25) is 4.79 Å². The Kier molecular flexibility index (Phi) is 6.47. The lowest BCUT2D eigenvalue weighted by Crippen LogP contribution is -2.37. The second-order valence-electron chi connectivity index (χ2n) is 6.91. The van der Waals surface area contributed by atoms with E-state index >= 15 is 0 Å². The number of fused-ring (bicyclic) bond motifs is 1. The van der Waals surface area contributed by atoms with Gasteiger partial charge in [0.25, 0.3) is 0 Å². The van der Waals surface area contributed by atoms with Gasteiger partial charge in [-0.25, -0.2) is 8.42 Å². The van der Waals surface area contributed by atoms with Crippen molar-refractivity contribution in [3.05, 3.63) is 24.3 Å². The van der Waals surface area contributed by atoms with Gasteiger partial charge in [0.1, 0.15) is 5.75 Å². The van der Waals surface area contributed by atoms with E-state index in [1.807, 2.05) is 36.1 Å². The zero-order valence-electron chi connectivity index (χ0n) is 15.8. The number of hydrogen-bond acceptors (Lipinski definition) is 5. The summed E-state index contributed by atoms with van der Waals surface area (Å²) in [5.41, 5.74) is 0.823. The zero-order valence-corrected chi connectivity index (χ0v) is 17.4. The molecule has 8 heteroatoms. The molecule has 0 bridgehead atoms.